The van der Waals surface area contributed by atoms with E-state index in [2.05, 4.69) is 24.4 Å². The summed E-state index contributed by atoms with van der Waals surface area (Å²) in [6, 6.07) is 10.8. The normalized spacial score (nSPS) is 14.7. The summed E-state index contributed by atoms with van der Waals surface area (Å²) in [4.78, 5) is 16.0. The molecule has 9 nitrogen and oxygen atoms in total. The van der Waals surface area contributed by atoms with Crippen LogP contribution in [0.25, 0.3) is 52.9 Å². The quantitative estimate of drug-likeness (QED) is 0.129. The van der Waals surface area contributed by atoms with Crippen molar-refractivity contribution in [3.63, 3.8) is 0 Å². The number of nitrogens with zero attached hydrogens (tertiary/aromatic N) is 9. The third kappa shape index (κ3) is 4.05. The highest BCUT2D eigenvalue weighted by atomic mass is 19.1. The Balaban J connectivity index is 2.01. The van der Waals surface area contributed by atoms with Gasteiger partial charge in [0.05, 0.1) is 44.0 Å². The number of hydrogen-bond acceptors (Lipinski definition) is 5. The van der Waals surface area contributed by atoms with Gasteiger partial charge in [0, 0.05) is 39.0 Å². The number of fused-ring (bicyclic) bond motifs is 2. The molecule has 0 unspecified atom stereocenters. The van der Waals surface area contributed by atoms with Gasteiger partial charge >= 0.3 is 0 Å². The predicted octanol–water partition coefficient (Wildman–Crippen LogP) is 7.62. The number of allylic oxidation sites excluding steroid dienone is 7. The van der Waals surface area contributed by atoms with Crippen LogP contribution in [0.2, 0.25) is 0 Å². The van der Waals surface area contributed by atoms with Crippen LogP contribution in [0.4, 0.5) is 23.2 Å². The number of pyridine rings is 1. The minimum Gasteiger partial charge on any atom is -0.237 e. The van der Waals surface area contributed by atoms with Gasteiger partial charge in [0.2, 0.25) is 17.3 Å². The summed E-state index contributed by atoms with van der Waals surface area (Å²) in [7, 11) is 0. The van der Waals surface area contributed by atoms with E-state index in [0.717, 1.165) is 18.2 Å². The lowest BCUT2D eigenvalue weighted by atomic mass is 9.91. The van der Waals surface area contributed by atoms with Crippen molar-refractivity contribution >= 4 is 39.2 Å². The number of aromatic nitrogens is 1. The molecule has 0 fully saturated rings. The Morgan fingerprint density at radius 1 is 0.674 bits per heavy atom. The molecule has 0 radical (unpaired) electrons. The molecule has 2 aliphatic rings. The number of rotatable bonds is 2. The van der Waals surface area contributed by atoms with Gasteiger partial charge in [0.1, 0.15) is 29.6 Å². The van der Waals surface area contributed by atoms with Crippen molar-refractivity contribution in [3.8, 4) is 24.3 Å². The molecule has 1 heterocycles. The molecular weight excluding hydrogens is 598 g/mol. The fourth-order valence-electron chi connectivity index (χ4n) is 5.33. The van der Waals surface area contributed by atoms with Crippen LogP contribution < -0.4 is 0 Å². The molecule has 210 valence electrons. The number of halogens is 4. The molecule has 1 aromatic heterocycles. The van der Waals surface area contributed by atoms with Gasteiger partial charge < -0.3 is 0 Å². The maximum atomic E-state index is 17.0. The van der Waals surface area contributed by atoms with Crippen LogP contribution in [0.1, 0.15) is 39.1 Å². The standard InChI is InChI=1S/C33H5F4N9/c1-42-21-9-19(34)16(8-20(21)35)29-27(23(12-40)43-2)17-7-15-18(10-38)26(14-5-6-25(36)46-22(14)11-39)31(24(13-41)44-3)28(15)32(37)30(17)33(29)45-4/h5-9H/b27-23-,31-24-. The average Bonchev–Trinajstić information content (AvgIpc) is 3.56. The van der Waals surface area contributed by atoms with Crippen molar-refractivity contribution in [3.05, 3.63) is 150 Å². The van der Waals surface area contributed by atoms with Gasteiger partial charge in [-0.15, -0.1) is 0 Å². The lowest BCUT2D eigenvalue weighted by Gasteiger charge is -2.14. The van der Waals surface area contributed by atoms with Crippen LogP contribution in [0.15, 0.2) is 41.7 Å². The summed E-state index contributed by atoms with van der Waals surface area (Å²) < 4.78 is 61.1. The fourth-order valence-corrected chi connectivity index (χ4v) is 5.33. The molecule has 0 saturated heterocycles. The van der Waals surface area contributed by atoms with Gasteiger partial charge in [-0.05, 0) is 47.0 Å². The number of nitriles is 4. The van der Waals surface area contributed by atoms with E-state index < -0.39 is 90.9 Å². The highest BCUT2D eigenvalue weighted by Crippen LogP contribution is 2.56. The third-order valence-electron chi connectivity index (χ3n) is 7.07. The molecule has 2 aromatic carbocycles. The highest BCUT2D eigenvalue weighted by molar-refractivity contribution is 6.29. The van der Waals surface area contributed by atoms with E-state index in [9.17, 15) is 29.8 Å². The maximum absolute atomic E-state index is 17.0. The highest BCUT2D eigenvalue weighted by Gasteiger charge is 2.41. The van der Waals surface area contributed by atoms with Crippen LogP contribution in [0, 0.1) is 95.0 Å². The third-order valence-corrected chi connectivity index (χ3v) is 7.07. The minimum atomic E-state index is -1.32. The second kappa shape index (κ2) is 11.1. The van der Waals surface area contributed by atoms with Gasteiger partial charge in [-0.2, -0.15) is 14.9 Å². The lowest BCUT2D eigenvalue weighted by Crippen LogP contribution is -2.01. The van der Waals surface area contributed by atoms with Crippen molar-refractivity contribution in [2.45, 2.75) is 0 Å². The van der Waals surface area contributed by atoms with E-state index in [-0.39, 0.29) is 22.3 Å². The molecule has 0 aliphatic heterocycles. The fraction of sp³-hybridized carbons (Fsp3) is 0. The lowest BCUT2D eigenvalue weighted by molar-refractivity contribution is 0.582. The van der Waals surface area contributed by atoms with Crippen molar-refractivity contribution in [2.24, 2.45) is 0 Å². The molecule has 0 N–H and O–H groups in total. The summed E-state index contributed by atoms with van der Waals surface area (Å²) in [5, 5.41) is 39.6. The molecule has 0 amide bonds. The Morgan fingerprint density at radius 2 is 1.35 bits per heavy atom. The van der Waals surface area contributed by atoms with Gasteiger partial charge in [0.15, 0.2) is 5.69 Å². The maximum Gasteiger partial charge on any atom is 0.270 e. The first-order valence-electron chi connectivity index (χ1n) is 12.3. The van der Waals surface area contributed by atoms with Crippen molar-refractivity contribution < 1.29 is 17.6 Å². The SMILES string of the molecule is [C-]#[N+]C1=C(c2cc(F)c([N+]#[C-])cc2F)/C(=C(/C#N)[N+]#[C-])c2cc3c(c(F)c21)/C(=C(/C#N)[N+]#[C-])C(c1ccc(F)nc1C#N)=C3C#N. The second-order valence-electron chi connectivity index (χ2n) is 9.16. The summed E-state index contributed by atoms with van der Waals surface area (Å²) in [6.07, 6.45) is 0. The van der Waals surface area contributed by atoms with Crippen molar-refractivity contribution in [1.29, 1.82) is 21.0 Å². The first kappa shape index (κ1) is 29.7. The van der Waals surface area contributed by atoms with E-state index in [0.29, 0.717) is 12.1 Å². The van der Waals surface area contributed by atoms with Gasteiger partial charge in [-0.25, -0.2) is 48.1 Å². The average molecular weight is 603 g/mol. The molecular formula is C33H5F4N9. The van der Waals surface area contributed by atoms with Gasteiger partial charge in [-0.3, -0.25) is 0 Å². The van der Waals surface area contributed by atoms with Crippen LogP contribution in [-0.4, -0.2) is 4.98 Å². The molecule has 3 aromatic rings. The van der Waals surface area contributed by atoms with Crippen LogP contribution in [-0.2, 0) is 0 Å². The zero-order valence-electron chi connectivity index (χ0n) is 22.4. The summed E-state index contributed by atoms with van der Waals surface area (Å²) in [5.74, 6) is -4.82. The van der Waals surface area contributed by atoms with Crippen molar-refractivity contribution in [1.82, 2.24) is 4.98 Å². The first-order chi connectivity index (χ1) is 22.1. The van der Waals surface area contributed by atoms with Crippen molar-refractivity contribution in [2.75, 3.05) is 0 Å². The Kier molecular flexibility index (Phi) is 7.17. The zero-order chi connectivity index (χ0) is 33.4. The van der Waals surface area contributed by atoms with E-state index in [4.69, 9.17) is 26.3 Å². The van der Waals surface area contributed by atoms with Crippen LogP contribution >= 0.6 is 0 Å². The van der Waals surface area contributed by atoms with E-state index in [1.807, 2.05) is 6.07 Å². The van der Waals surface area contributed by atoms with E-state index >= 15 is 8.78 Å². The number of hydrogen-bond donors (Lipinski definition) is 0. The molecule has 5 rings (SSSR count). The van der Waals surface area contributed by atoms with Crippen LogP contribution in [0.5, 0.6) is 0 Å². The van der Waals surface area contributed by atoms with E-state index in [1.165, 1.54) is 0 Å². The summed E-state index contributed by atoms with van der Waals surface area (Å²) in [6.45, 7) is 30.1. The van der Waals surface area contributed by atoms with E-state index in [1.54, 1.807) is 18.2 Å². The Morgan fingerprint density at radius 3 is 1.91 bits per heavy atom. The smallest absolute Gasteiger partial charge is 0.237 e. The predicted molar refractivity (Wildman–Crippen MR) is 152 cm³/mol. The summed E-state index contributed by atoms with van der Waals surface area (Å²) in [5.41, 5.74) is -8.37. The molecule has 0 spiro atoms. The molecule has 0 atom stereocenters. The largest absolute Gasteiger partial charge is 0.270 e. The molecule has 0 bridgehead atoms. The Bertz CT molecular complexity index is 2460. The molecule has 2 aliphatic carbocycles. The molecule has 0 saturated carbocycles. The zero-order valence-corrected chi connectivity index (χ0v) is 22.4. The monoisotopic (exact) mass is 603 g/mol. The molecule has 46 heavy (non-hydrogen) atoms. The topological polar surface area (TPSA) is 125 Å². The van der Waals surface area contributed by atoms with Gasteiger partial charge in [-0.1, -0.05) is 0 Å². The number of benzene rings is 2. The first-order valence-corrected chi connectivity index (χ1v) is 12.3. The van der Waals surface area contributed by atoms with Gasteiger partial charge in [0.25, 0.3) is 11.4 Å². The minimum absolute atomic E-state index is 0.226. The molecule has 13 heteroatoms. The second-order valence-corrected chi connectivity index (χ2v) is 9.16. The Hall–Kier alpha value is -7.81. The summed E-state index contributed by atoms with van der Waals surface area (Å²) >= 11 is 0. The van der Waals surface area contributed by atoms with Crippen LogP contribution in [0.3, 0.4) is 0 Å². The Labute approximate surface area is 256 Å².